The molecule has 0 spiro atoms. The van der Waals surface area contributed by atoms with Gasteiger partial charge in [0.15, 0.2) is 5.78 Å². The Bertz CT molecular complexity index is 369. The third kappa shape index (κ3) is 1.12. The van der Waals surface area contributed by atoms with E-state index < -0.39 is 0 Å². The number of aryl methyl sites for hydroxylation is 2. The molecule has 0 unspecified atom stereocenters. The standard InChI is InChI=1S/C9H10N2O/c1-6-5-11(3)9(7(2)12)8(6)4-10/h5H,1-3H3. The molecule has 1 rings (SSSR count). The third-order valence-electron chi connectivity index (χ3n) is 1.82. The summed E-state index contributed by atoms with van der Waals surface area (Å²) in [5.41, 5.74) is 1.84. The van der Waals surface area contributed by atoms with Gasteiger partial charge in [0.05, 0.1) is 5.56 Å². The maximum absolute atomic E-state index is 11.1. The molecule has 0 N–H and O–H groups in total. The molecule has 3 nitrogen and oxygen atoms in total. The summed E-state index contributed by atoms with van der Waals surface area (Å²) >= 11 is 0. The number of nitrogens with zero attached hydrogens (tertiary/aromatic N) is 2. The van der Waals surface area contributed by atoms with Crippen LogP contribution in [0.2, 0.25) is 0 Å². The van der Waals surface area contributed by atoms with Gasteiger partial charge in [0.25, 0.3) is 0 Å². The predicted octanol–water partition coefficient (Wildman–Crippen LogP) is 1.41. The van der Waals surface area contributed by atoms with Crippen LogP contribution in [0.25, 0.3) is 0 Å². The van der Waals surface area contributed by atoms with Crippen molar-refractivity contribution in [1.29, 1.82) is 5.26 Å². The number of ketones is 1. The van der Waals surface area contributed by atoms with Gasteiger partial charge in [-0.25, -0.2) is 0 Å². The molecule has 0 radical (unpaired) electrons. The Balaban J connectivity index is 3.45. The first-order chi connectivity index (χ1) is 5.57. The summed E-state index contributed by atoms with van der Waals surface area (Å²) in [7, 11) is 1.77. The van der Waals surface area contributed by atoms with E-state index in [1.54, 1.807) is 17.8 Å². The molecular formula is C9H10N2O. The molecule has 1 aromatic rings. The molecule has 1 heterocycles. The van der Waals surface area contributed by atoms with Crippen molar-refractivity contribution in [2.24, 2.45) is 7.05 Å². The Labute approximate surface area is 71.2 Å². The fourth-order valence-corrected chi connectivity index (χ4v) is 1.35. The first kappa shape index (κ1) is 8.54. The third-order valence-corrected chi connectivity index (χ3v) is 1.82. The Hall–Kier alpha value is -1.56. The van der Waals surface area contributed by atoms with E-state index in [1.807, 2.05) is 13.0 Å². The summed E-state index contributed by atoms with van der Waals surface area (Å²) in [6.07, 6.45) is 1.79. The van der Waals surface area contributed by atoms with E-state index in [0.717, 1.165) is 5.56 Å². The van der Waals surface area contributed by atoms with Crippen LogP contribution in [0, 0.1) is 18.3 Å². The predicted molar refractivity (Wildman–Crippen MR) is 44.9 cm³/mol. The molecule has 3 heteroatoms. The number of hydrogen-bond donors (Lipinski definition) is 0. The average molecular weight is 162 g/mol. The summed E-state index contributed by atoms with van der Waals surface area (Å²) < 4.78 is 1.69. The Morgan fingerprint density at radius 3 is 2.58 bits per heavy atom. The molecule has 0 aliphatic rings. The van der Waals surface area contributed by atoms with Crippen molar-refractivity contribution in [3.05, 3.63) is 23.0 Å². The smallest absolute Gasteiger partial charge is 0.177 e. The van der Waals surface area contributed by atoms with E-state index in [0.29, 0.717) is 11.3 Å². The van der Waals surface area contributed by atoms with Crippen LogP contribution in [0.4, 0.5) is 0 Å². The van der Waals surface area contributed by atoms with Crippen LogP contribution in [0.15, 0.2) is 6.20 Å². The highest BCUT2D eigenvalue weighted by Crippen LogP contribution is 2.14. The lowest BCUT2D eigenvalue weighted by atomic mass is 10.1. The topological polar surface area (TPSA) is 45.8 Å². The van der Waals surface area contributed by atoms with Gasteiger partial charge in [-0.05, 0) is 12.5 Å². The molecular weight excluding hydrogens is 152 g/mol. The largest absolute Gasteiger partial charge is 0.347 e. The SMILES string of the molecule is CC(=O)c1c(C#N)c(C)cn1C. The summed E-state index contributed by atoms with van der Waals surface area (Å²) in [5.74, 6) is -0.0675. The zero-order valence-electron chi connectivity index (χ0n) is 7.38. The normalized spacial score (nSPS) is 9.50. The number of carbonyl (C=O) groups excluding carboxylic acids is 1. The fraction of sp³-hybridized carbons (Fsp3) is 0.333. The van der Waals surface area contributed by atoms with Crippen molar-refractivity contribution in [2.75, 3.05) is 0 Å². The fourth-order valence-electron chi connectivity index (χ4n) is 1.35. The van der Waals surface area contributed by atoms with Crippen molar-refractivity contribution in [3.63, 3.8) is 0 Å². The molecule has 12 heavy (non-hydrogen) atoms. The van der Waals surface area contributed by atoms with Gasteiger partial charge in [-0.15, -0.1) is 0 Å². The van der Waals surface area contributed by atoms with Gasteiger partial charge in [0.1, 0.15) is 11.8 Å². The van der Waals surface area contributed by atoms with Crippen molar-refractivity contribution in [2.45, 2.75) is 13.8 Å². The van der Waals surface area contributed by atoms with Gasteiger partial charge in [0.2, 0.25) is 0 Å². The second kappa shape index (κ2) is 2.82. The minimum Gasteiger partial charge on any atom is -0.347 e. The molecule has 0 aliphatic heterocycles. The van der Waals surface area contributed by atoms with Gasteiger partial charge >= 0.3 is 0 Å². The molecule has 0 aromatic carbocycles. The van der Waals surface area contributed by atoms with Crippen molar-refractivity contribution < 1.29 is 4.79 Å². The van der Waals surface area contributed by atoms with Crippen molar-refractivity contribution in [1.82, 2.24) is 4.57 Å². The van der Waals surface area contributed by atoms with Gasteiger partial charge in [-0.3, -0.25) is 4.79 Å². The summed E-state index contributed by atoms with van der Waals surface area (Å²) in [6, 6.07) is 2.02. The molecule has 0 saturated carbocycles. The van der Waals surface area contributed by atoms with Crippen LogP contribution in [-0.4, -0.2) is 10.4 Å². The lowest BCUT2D eigenvalue weighted by molar-refractivity contribution is 0.101. The van der Waals surface area contributed by atoms with Gasteiger partial charge in [-0.1, -0.05) is 0 Å². The van der Waals surface area contributed by atoms with Crippen molar-refractivity contribution in [3.8, 4) is 6.07 Å². The van der Waals surface area contributed by atoms with Crippen LogP contribution in [-0.2, 0) is 7.05 Å². The number of Topliss-reactive ketones (excluding diaryl/α,β-unsaturated/α-hetero) is 1. The second-order valence-corrected chi connectivity index (χ2v) is 2.81. The van der Waals surface area contributed by atoms with Crippen molar-refractivity contribution >= 4 is 5.78 Å². The first-order valence-corrected chi connectivity index (χ1v) is 3.65. The van der Waals surface area contributed by atoms with Gasteiger partial charge in [-0.2, -0.15) is 5.26 Å². The minimum absolute atomic E-state index is 0.0675. The maximum Gasteiger partial charge on any atom is 0.177 e. The number of hydrogen-bond acceptors (Lipinski definition) is 2. The summed E-state index contributed by atoms with van der Waals surface area (Å²) in [5, 5.41) is 8.75. The first-order valence-electron chi connectivity index (χ1n) is 3.65. The number of carbonyl (C=O) groups is 1. The minimum atomic E-state index is -0.0675. The second-order valence-electron chi connectivity index (χ2n) is 2.81. The van der Waals surface area contributed by atoms with E-state index in [1.165, 1.54) is 6.92 Å². The van der Waals surface area contributed by atoms with E-state index in [-0.39, 0.29) is 5.78 Å². The van der Waals surface area contributed by atoms with Crippen LogP contribution in [0.3, 0.4) is 0 Å². The Morgan fingerprint density at radius 2 is 2.25 bits per heavy atom. The van der Waals surface area contributed by atoms with Crippen LogP contribution < -0.4 is 0 Å². The average Bonchev–Trinajstić information content (AvgIpc) is 2.24. The van der Waals surface area contributed by atoms with E-state index >= 15 is 0 Å². The van der Waals surface area contributed by atoms with Crippen LogP contribution in [0.5, 0.6) is 0 Å². The quantitative estimate of drug-likeness (QED) is 0.586. The highest BCUT2D eigenvalue weighted by Gasteiger charge is 2.13. The highest BCUT2D eigenvalue weighted by molar-refractivity contribution is 5.95. The summed E-state index contributed by atoms with van der Waals surface area (Å²) in [6.45, 7) is 3.29. The molecule has 0 fully saturated rings. The molecule has 1 aromatic heterocycles. The van der Waals surface area contributed by atoms with Crippen LogP contribution in [0.1, 0.15) is 28.5 Å². The van der Waals surface area contributed by atoms with E-state index in [2.05, 4.69) is 0 Å². The molecule has 0 aliphatic carbocycles. The number of nitriles is 1. The van der Waals surface area contributed by atoms with E-state index in [4.69, 9.17) is 5.26 Å². The highest BCUT2D eigenvalue weighted by atomic mass is 16.1. The van der Waals surface area contributed by atoms with Gasteiger partial charge < -0.3 is 4.57 Å². The zero-order valence-corrected chi connectivity index (χ0v) is 7.38. The maximum atomic E-state index is 11.1. The number of rotatable bonds is 1. The lowest BCUT2D eigenvalue weighted by Crippen LogP contribution is -2.02. The molecule has 0 saturated heterocycles. The molecule has 0 amide bonds. The lowest BCUT2D eigenvalue weighted by Gasteiger charge is -1.96. The Kier molecular flexibility index (Phi) is 2.01. The van der Waals surface area contributed by atoms with Crippen LogP contribution >= 0.6 is 0 Å². The Morgan fingerprint density at radius 1 is 1.67 bits per heavy atom. The number of aromatic nitrogens is 1. The molecule has 0 atom stereocenters. The monoisotopic (exact) mass is 162 g/mol. The zero-order chi connectivity index (χ0) is 9.30. The van der Waals surface area contributed by atoms with E-state index in [9.17, 15) is 4.79 Å². The summed E-state index contributed by atoms with van der Waals surface area (Å²) in [4.78, 5) is 11.1. The van der Waals surface area contributed by atoms with Gasteiger partial charge in [0, 0.05) is 20.2 Å². The molecule has 62 valence electrons. The molecule has 0 bridgehead atoms.